The Morgan fingerprint density at radius 2 is 2.44 bits per heavy atom. The monoisotopic (exact) mass is 225 g/mol. The maximum absolute atomic E-state index is 11.3. The third-order valence-corrected chi connectivity index (χ3v) is 2.37. The van der Waals surface area contributed by atoms with E-state index in [4.69, 9.17) is 4.74 Å². The molecule has 0 saturated carbocycles. The highest BCUT2D eigenvalue weighted by Crippen LogP contribution is 1.94. The molecule has 0 amide bonds. The minimum absolute atomic E-state index is 0.204. The molecule has 90 valence electrons. The molecule has 0 saturated heterocycles. The first-order valence-electron chi connectivity index (χ1n) is 5.53. The zero-order valence-corrected chi connectivity index (χ0v) is 10.1. The van der Waals surface area contributed by atoms with Crippen LogP contribution in [0.25, 0.3) is 0 Å². The second-order valence-corrected chi connectivity index (χ2v) is 3.60. The zero-order valence-electron chi connectivity index (χ0n) is 10.1. The number of rotatable bonds is 6. The predicted octanol–water partition coefficient (Wildman–Crippen LogP) is 0.733. The highest BCUT2D eigenvalue weighted by Gasteiger charge is 2.12. The van der Waals surface area contributed by atoms with Crippen molar-refractivity contribution in [1.29, 1.82) is 0 Å². The van der Waals surface area contributed by atoms with Gasteiger partial charge in [0.25, 0.3) is 0 Å². The second kappa shape index (κ2) is 6.27. The smallest absolute Gasteiger partial charge is 0.322 e. The molecule has 0 aliphatic heterocycles. The van der Waals surface area contributed by atoms with Gasteiger partial charge in [-0.3, -0.25) is 4.79 Å². The normalized spacial score (nSPS) is 12.4. The minimum atomic E-state index is -0.260. The maximum Gasteiger partial charge on any atom is 0.322 e. The van der Waals surface area contributed by atoms with Crippen LogP contribution in [0.15, 0.2) is 12.4 Å². The lowest BCUT2D eigenvalue weighted by molar-refractivity contribution is -0.145. The maximum atomic E-state index is 11.3. The van der Waals surface area contributed by atoms with E-state index in [1.54, 1.807) is 20.0 Å². The number of aromatic nitrogens is 2. The molecule has 0 spiro atoms. The number of esters is 1. The fourth-order valence-electron chi connectivity index (χ4n) is 1.39. The second-order valence-electron chi connectivity index (χ2n) is 3.60. The number of aryl methyl sites for hydroxylation is 1. The SMILES string of the molecule is CCOC(=O)C(C)NCCn1ccnc1C. The predicted molar refractivity (Wildman–Crippen MR) is 61.1 cm³/mol. The number of carbonyl (C=O) groups is 1. The molecule has 1 rings (SSSR count). The van der Waals surface area contributed by atoms with Gasteiger partial charge in [-0.1, -0.05) is 0 Å². The summed E-state index contributed by atoms with van der Waals surface area (Å²) in [5.41, 5.74) is 0. The molecule has 1 aromatic rings. The zero-order chi connectivity index (χ0) is 12.0. The summed E-state index contributed by atoms with van der Waals surface area (Å²) in [7, 11) is 0. The molecule has 0 radical (unpaired) electrons. The number of hydrogen-bond acceptors (Lipinski definition) is 4. The Morgan fingerprint density at radius 3 is 3.00 bits per heavy atom. The van der Waals surface area contributed by atoms with Crippen molar-refractivity contribution in [1.82, 2.24) is 14.9 Å². The van der Waals surface area contributed by atoms with E-state index in [2.05, 4.69) is 10.3 Å². The van der Waals surface area contributed by atoms with Gasteiger partial charge in [-0.05, 0) is 20.8 Å². The van der Waals surface area contributed by atoms with Crippen molar-refractivity contribution in [3.05, 3.63) is 18.2 Å². The van der Waals surface area contributed by atoms with Crippen LogP contribution in [-0.4, -0.2) is 34.7 Å². The molecule has 5 heteroatoms. The van der Waals surface area contributed by atoms with Gasteiger partial charge in [-0.25, -0.2) is 4.98 Å². The standard InChI is InChI=1S/C11H19N3O2/c1-4-16-11(15)9(2)12-5-7-14-8-6-13-10(14)3/h6,8-9,12H,4-5,7H2,1-3H3. The summed E-state index contributed by atoms with van der Waals surface area (Å²) in [5, 5.41) is 3.11. The molecule has 1 atom stereocenters. The van der Waals surface area contributed by atoms with Gasteiger partial charge in [0.05, 0.1) is 6.61 Å². The Hall–Kier alpha value is -1.36. The molecule has 0 aliphatic rings. The van der Waals surface area contributed by atoms with Crippen molar-refractivity contribution in [2.75, 3.05) is 13.2 Å². The first kappa shape index (κ1) is 12.7. The average molecular weight is 225 g/mol. The van der Waals surface area contributed by atoms with Crippen LogP contribution in [0, 0.1) is 6.92 Å². The third kappa shape index (κ3) is 3.66. The van der Waals surface area contributed by atoms with Crippen LogP contribution < -0.4 is 5.32 Å². The molecule has 0 bridgehead atoms. The van der Waals surface area contributed by atoms with Gasteiger partial charge in [0.2, 0.25) is 0 Å². The van der Waals surface area contributed by atoms with Crippen molar-refractivity contribution < 1.29 is 9.53 Å². The Labute approximate surface area is 95.8 Å². The van der Waals surface area contributed by atoms with Crippen molar-refractivity contribution >= 4 is 5.97 Å². The topological polar surface area (TPSA) is 56.1 Å². The average Bonchev–Trinajstić information content (AvgIpc) is 2.65. The van der Waals surface area contributed by atoms with E-state index in [1.807, 2.05) is 17.7 Å². The van der Waals surface area contributed by atoms with Crippen molar-refractivity contribution in [2.45, 2.75) is 33.4 Å². The van der Waals surface area contributed by atoms with Gasteiger partial charge in [-0.15, -0.1) is 0 Å². The number of hydrogen-bond donors (Lipinski definition) is 1. The van der Waals surface area contributed by atoms with E-state index in [0.29, 0.717) is 6.61 Å². The summed E-state index contributed by atoms with van der Waals surface area (Å²) in [6, 6.07) is -0.260. The van der Waals surface area contributed by atoms with Gasteiger partial charge < -0.3 is 14.6 Å². The molecular weight excluding hydrogens is 206 g/mol. The van der Waals surface area contributed by atoms with Crippen LogP contribution in [0.3, 0.4) is 0 Å². The summed E-state index contributed by atoms with van der Waals surface area (Å²) >= 11 is 0. The highest BCUT2D eigenvalue weighted by atomic mass is 16.5. The molecule has 16 heavy (non-hydrogen) atoms. The molecule has 0 aromatic carbocycles. The molecule has 1 N–H and O–H groups in total. The molecule has 0 aliphatic carbocycles. The van der Waals surface area contributed by atoms with Crippen LogP contribution in [0.1, 0.15) is 19.7 Å². The van der Waals surface area contributed by atoms with Crippen molar-refractivity contribution in [2.24, 2.45) is 0 Å². The van der Waals surface area contributed by atoms with Gasteiger partial charge in [0.1, 0.15) is 11.9 Å². The third-order valence-electron chi connectivity index (χ3n) is 2.37. The fourth-order valence-corrected chi connectivity index (χ4v) is 1.39. The van der Waals surface area contributed by atoms with E-state index in [0.717, 1.165) is 18.9 Å². The molecule has 1 heterocycles. The lowest BCUT2D eigenvalue weighted by Crippen LogP contribution is -2.37. The highest BCUT2D eigenvalue weighted by molar-refractivity contribution is 5.75. The lowest BCUT2D eigenvalue weighted by atomic mass is 10.3. The van der Waals surface area contributed by atoms with Crippen LogP contribution in [0.5, 0.6) is 0 Å². The van der Waals surface area contributed by atoms with E-state index in [9.17, 15) is 4.79 Å². The summed E-state index contributed by atoms with van der Waals surface area (Å²) < 4.78 is 6.93. The molecular formula is C11H19N3O2. The Kier molecular flexibility index (Phi) is 4.98. The Balaban J connectivity index is 2.25. The quantitative estimate of drug-likeness (QED) is 0.725. The summed E-state index contributed by atoms with van der Waals surface area (Å²) in [6.07, 6.45) is 3.69. The van der Waals surface area contributed by atoms with E-state index in [1.165, 1.54) is 0 Å². The number of ether oxygens (including phenoxy) is 1. The van der Waals surface area contributed by atoms with Gasteiger partial charge in [-0.2, -0.15) is 0 Å². The largest absolute Gasteiger partial charge is 0.465 e. The summed E-state index contributed by atoms with van der Waals surface area (Å²) in [6.45, 7) is 7.51. The molecule has 1 aromatic heterocycles. The Bertz CT molecular complexity index is 336. The molecule has 0 fully saturated rings. The van der Waals surface area contributed by atoms with Gasteiger partial charge in [0.15, 0.2) is 0 Å². The number of carbonyl (C=O) groups excluding carboxylic acids is 1. The van der Waals surface area contributed by atoms with Crippen molar-refractivity contribution in [3.8, 4) is 0 Å². The summed E-state index contributed by atoms with van der Waals surface area (Å²) in [5.74, 6) is 0.774. The van der Waals surface area contributed by atoms with Crippen LogP contribution in [-0.2, 0) is 16.1 Å². The molecule has 1 unspecified atom stereocenters. The van der Waals surface area contributed by atoms with Gasteiger partial charge >= 0.3 is 5.97 Å². The van der Waals surface area contributed by atoms with Crippen LogP contribution >= 0.6 is 0 Å². The van der Waals surface area contributed by atoms with Crippen LogP contribution in [0.2, 0.25) is 0 Å². The van der Waals surface area contributed by atoms with Gasteiger partial charge in [0, 0.05) is 25.5 Å². The molecule has 5 nitrogen and oxygen atoms in total. The van der Waals surface area contributed by atoms with Crippen LogP contribution in [0.4, 0.5) is 0 Å². The number of nitrogens with zero attached hydrogens (tertiary/aromatic N) is 2. The van der Waals surface area contributed by atoms with E-state index < -0.39 is 0 Å². The minimum Gasteiger partial charge on any atom is -0.465 e. The number of nitrogens with one attached hydrogen (secondary N) is 1. The fraction of sp³-hybridized carbons (Fsp3) is 0.636. The van der Waals surface area contributed by atoms with Crippen molar-refractivity contribution in [3.63, 3.8) is 0 Å². The first-order chi connectivity index (χ1) is 7.65. The lowest BCUT2D eigenvalue weighted by Gasteiger charge is -2.13. The Morgan fingerprint density at radius 1 is 1.69 bits per heavy atom. The summed E-state index contributed by atoms with van der Waals surface area (Å²) in [4.78, 5) is 15.4. The first-order valence-corrected chi connectivity index (χ1v) is 5.53. The van der Waals surface area contributed by atoms with E-state index in [-0.39, 0.29) is 12.0 Å². The van der Waals surface area contributed by atoms with E-state index >= 15 is 0 Å². The number of imidazole rings is 1.